The molecule has 0 radical (unpaired) electrons. The van der Waals surface area contributed by atoms with Crippen molar-refractivity contribution in [2.75, 3.05) is 46.4 Å². The first-order chi connectivity index (χ1) is 10.2. The number of rotatable bonds is 4. The number of hydrogen-bond acceptors (Lipinski definition) is 4. The SMILES string of the molecule is COCC1(C(=O)N2CCN(C3CC3)C(=O)C2)CCNCC1.Cl. The Morgan fingerprint density at radius 1 is 1.32 bits per heavy atom. The van der Waals surface area contributed by atoms with Gasteiger partial charge in [0.2, 0.25) is 11.8 Å². The number of ether oxygens (including phenoxy) is 1. The van der Waals surface area contributed by atoms with Gasteiger partial charge in [-0.2, -0.15) is 0 Å². The molecular formula is C15H26ClN3O3. The van der Waals surface area contributed by atoms with E-state index in [9.17, 15) is 9.59 Å². The van der Waals surface area contributed by atoms with Crippen LogP contribution in [0.2, 0.25) is 0 Å². The van der Waals surface area contributed by atoms with Gasteiger partial charge in [0.1, 0.15) is 0 Å². The minimum Gasteiger partial charge on any atom is -0.384 e. The Morgan fingerprint density at radius 2 is 2.00 bits per heavy atom. The molecule has 2 amide bonds. The first kappa shape index (κ1) is 17.5. The normalized spacial score (nSPS) is 24.9. The minimum absolute atomic E-state index is 0. The van der Waals surface area contributed by atoms with Gasteiger partial charge in [0, 0.05) is 26.2 Å². The van der Waals surface area contributed by atoms with Crippen molar-refractivity contribution >= 4 is 24.2 Å². The summed E-state index contributed by atoms with van der Waals surface area (Å²) >= 11 is 0. The zero-order valence-electron chi connectivity index (χ0n) is 13.2. The summed E-state index contributed by atoms with van der Waals surface area (Å²) in [6, 6.07) is 0.446. The van der Waals surface area contributed by atoms with Gasteiger partial charge in [-0.1, -0.05) is 0 Å². The van der Waals surface area contributed by atoms with E-state index in [1.54, 1.807) is 12.0 Å². The topological polar surface area (TPSA) is 61.9 Å². The van der Waals surface area contributed by atoms with Crippen LogP contribution in [0.25, 0.3) is 0 Å². The van der Waals surface area contributed by atoms with Gasteiger partial charge in [-0.05, 0) is 38.8 Å². The molecule has 2 aliphatic heterocycles. The molecule has 3 aliphatic rings. The Balaban J connectivity index is 0.00000176. The number of carbonyl (C=O) groups excluding carboxylic acids is 2. The highest BCUT2D eigenvalue weighted by molar-refractivity contribution is 5.89. The molecule has 126 valence electrons. The second kappa shape index (κ2) is 7.15. The molecule has 1 aliphatic carbocycles. The number of nitrogens with zero attached hydrogens (tertiary/aromatic N) is 2. The molecular weight excluding hydrogens is 306 g/mol. The van der Waals surface area contributed by atoms with E-state index in [4.69, 9.17) is 4.74 Å². The third-order valence-electron chi connectivity index (χ3n) is 4.97. The van der Waals surface area contributed by atoms with E-state index >= 15 is 0 Å². The van der Waals surface area contributed by atoms with Gasteiger partial charge in [0.15, 0.2) is 0 Å². The Kier molecular flexibility index (Phi) is 5.69. The van der Waals surface area contributed by atoms with Gasteiger partial charge >= 0.3 is 0 Å². The molecule has 0 bridgehead atoms. The predicted octanol–water partition coefficient (Wildman–Crippen LogP) is 0.258. The number of nitrogens with one attached hydrogen (secondary N) is 1. The third-order valence-corrected chi connectivity index (χ3v) is 4.97. The standard InChI is InChI=1S/C15H25N3O3.ClH/c1-21-11-15(4-6-16-7-5-15)14(20)17-8-9-18(12-2-3-12)13(19)10-17;/h12,16H,2-11H2,1H3;1H. The molecule has 0 unspecified atom stereocenters. The van der Waals surface area contributed by atoms with Crippen molar-refractivity contribution in [2.24, 2.45) is 5.41 Å². The Hall–Kier alpha value is -0.850. The number of piperazine rings is 1. The van der Waals surface area contributed by atoms with Gasteiger partial charge in [0.25, 0.3) is 0 Å². The fraction of sp³-hybridized carbons (Fsp3) is 0.867. The van der Waals surface area contributed by atoms with Gasteiger partial charge in [0.05, 0.1) is 18.6 Å². The molecule has 22 heavy (non-hydrogen) atoms. The van der Waals surface area contributed by atoms with Crippen LogP contribution in [0.3, 0.4) is 0 Å². The van der Waals surface area contributed by atoms with Crippen LogP contribution in [0.1, 0.15) is 25.7 Å². The molecule has 0 spiro atoms. The lowest BCUT2D eigenvalue weighted by Crippen LogP contribution is -2.58. The monoisotopic (exact) mass is 331 g/mol. The van der Waals surface area contributed by atoms with Crippen LogP contribution < -0.4 is 5.32 Å². The molecule has 3 rings (SSSR count). The Labute approximate surface area is 137 Å². The summed E-state index contributed by atoms with van der Waals surface area (Å²) in [5.74, 6) is 0.216. The molecule has 3 fully saturated rings. The van der Waals surface area contributed by atoms with Crippen LogP contribution >= 0.6 is 12.4 Å². The molecule has 2 heterocycles. The molecule has 1 saturated carbocycles. The van der Waals surface area contributed by atoms with Crippen molar-refractivity contribution in [1.82, 2.24) is 15.1 Å². The molecule has 6 nitrogen and oxygen atoms in total. The van der Waals surface area contributed by atoms with E-state index in [-0.39, 0.29) is 30.8 Å². The van der Waals surface area contributed by atoms with E-state index in [1.807, 2.05) is 4.90 Å². The van der Waals surface area contributed by atoms with E-state index in [0.29, 0.717) is 25.7 Å². The second-order valence-electron chi connectivity index (χ2n) is 6.51. The zero-order valence-corrected chi connectivity index (χ0v) is 14.0. The first-order valence-electron chi connectivity index (χ1n) is 7.95. The van der Waals surface area contributed by atoms with Crippen molar-refractivity contribution in [2.45, 2.75) is 31.7 Å². The molecule has 0 aromatic carbocycles. The van der Waals surface area contributed by atoms with Gasteiger partial charge in [-0.15, -0.1) is 12.4 Å². The fourth-order valence-electron chi connectivity index (χ4n) is 3.57. The maximum Gasteiger partial charge on any atom is 0.242 e. The highest BCUT2D eigenvalue weighted by Crippen LogP contribution is 2.33. The van der Waals surface area contributed by atoms with Crippen molar-refractivity contribution in [3.05, 3.63) is 0 Å². The smallest absolute Gasteiger partial charge is 0.242 e. The van der Waals surface area contributed by atoms with E-state index in [1.165, 1.54) is 0 Å². The molecule has 0 aromatic heterocycles. The Morgan fingerprint density at radius 3 is 2.55 bits per heavy atom. The largest absolute Gasteiger partial charge is 0.384 e. The number of halogens is 1. The van der Waals surface area contributed by atoms with E-state index < -0.39 is 5.41 Å². The number of methoxy groups -OCH3 is 1. The lowest BCUT2D eigenvalue weighted by Gasteiger charge is -2.42. The maximum atomic E-state index is 13.0. The van der Waals surface area contributed by atoms with Crippen LogP contribution in [-0.2, 0) is 14.3 Å². The molecule has 7 heteroatoms. The number of piperidine rings is 1. The average Bonchev–Trinajstić information content (AvgIpc) is 3.32. The highest BCUT2D eigenvalue weighted by Gasteiger charge is 2.45. The molecule has 0 aromatic rings. The summed E-state index contributed by atoms with van der Waals surface area (Å²) in [6.45, 7) is 3.73. The summed E-state index contributed by atoms with van der Waals surface area (Å²) in [6.07, 6.45) is 3.82. The van der Waals surface area contributed by atoms with Crippen LogP contribution in [0.15, 0.2) is 0 Å². The Bertz CT molecular complexity index is 417. The molecule has 1 N–H and O–H groups in total. The summed E-state index contributed by atoms with van der Waals surface area (Å²) < 4.78 is 5.32. The third kappa shape index (κ3) is 3.39. The number of carbonyl (C=O) groups is 2. The molecule has 0 atom stereocenters. The summed E-state index contributed by atoms with van der Waals surface area (Å²) in [7, 11) is 1.65. The molecule has 2 saturated heterocycles. The first-order valence-corrected chi connectivity index (χ1v) is 7.95. The van der Waals surface area contributed by atoms with Crippen LogP contribution in [0.5, 0.6) is 0 Å². The van der Waals surface area contributed by atoms with E-state index in [0.717, 1.165) is 38.8 Å². The highest BCUT2D eigenvalue weighted by atomic mass is 35.5. The van der Waals surface area contributed by atoms with Crippen LogP contribution in [-0.4, -0.2) is 74.1 Å². The predicted molar refractivity (Wildman–Crippen MR) is 85.0 cm³/mol. The summed E-state index contributed by atoms with van der Waals surface area (Å²) in [4.78, 5) is 28.9. The van der Waals surface area contributed by atoms with Crippen molar-refractivity contribution in [3.63, 3.8) is 0 Å². The van der Waals surface area contributed by atoms with Crippen LogP contribution in [0.4, 0.5) is 0 Å². The van der Waals surface area contributed by atoms with Crippen LogP contribution in [0, 0.1) is 5.41 Å². The summed E-state index contributed by atoms with van der Waals surface area (Å²) in [5, 5.41) is 3.29. The number of hydrogen-bond donors (Lipinski definition) is 1. The second-order valence-corrected chi connectivity index (χ2v) is 6.51. The van der Waals surface area contributed by atoms with Gasteiger partial charge < -0.3 is 19.9 Å². The van der Waals surface area contributed by atoms with Crippen molar-refractivity contribution < 1.29 is 14.3 Å². The number of amides is 2. The minimum atomic E-state index is -0.442. The van der Waals surface area contributed by atoms with Gasteiger partial charge in [-0.25, -0.2) is 0 Å². The quantitative estimate of drug-likeness (QED) is 0.802. The zero-order chi connectivity index (χ0) is 14.9. The lowest BCUT2D eigenvalue weighted by molar-refractivity contribution is -0.155. The fourth-order valence-corrected chi connectivity index (χ4v) is 3.57. The van der Waals surface area contributed by atoms with Crippen molar-refractivity contribution in [3.8, 4) is 0 Å². The van der Waals surface area contributed by atoms with Gasteiger partial charge in [-0.3, -0.25) is 9.59 Å². The average molecular weight is 332 g/mol. The lowest BCUT2D eigenvalue weighted by atomic mass is 9.78. The maximum absolute atomic E-state index is 13.0. The summed E-state index contributed by atoms with van der Waals surface area (Å²) in [5.41, 5.74) is -0.442. The van der Waals surface area contributed by atoms with E-state index in [2.05, 4.69) is 5.32 Å². The van der Waals surface area contributed by atoms with Crippen molar-refractivity contribution in [1.29, 1.82) is 0 Å².